The molecule has 3 atom stereocenters. The van der Waals surface area contributed by atoms with E-state index in [1.54, 1.807) is 6.07 Å². The average molecular weight is 482 g/mol. The summed E-state index contributed by atoms with van der Waals surface area (Å²) in [5.74, 6) is -6.31. The number of Topliss-reactive ketones (excluding diaryl/α,β-unsaturated/α-hetero) is 2. The smallest absolute Gasteiger partial charge is 0.255 e. The molecule has 4 aliphatic rings. The number of benzene rings is 1. The zero-order valence-corrected chi connectivity index (χ0v) is 18.8. The number of fused-ring (bicyclic) bond motifs is 3. The number of aliphatic hydroxyl groups excluding tert-OH is 2. The van der Waals surface area contributed by atoms with E-state index in [0.29, 0.717) is 17.2 Å². The lowest BCUT2D eigenvalue weighted by atomic mass is 9.59. The van der Waals surface area contributed by atoms with Gasteiger partial charge in [-0.3, -0.25) is 14.4 Å². The molecular formula is C24H26N4O7. The molecule has 1 heterocycles. The SMILES string of the molecule is NC(=O)C1=C(O)C2(O)C(=O)C3=C(O)c4c(O)ccc(N=C(N)N5CCCC5)c4CC3CC2CC1=O. The summed E-state index contributed by atoms with van der Waals surface area (Å²) in [6, 6.07) is 2.91. The third-order valence-electron chi connectivity index (χ3n) is 7.59. The number of amides is 1. The Kier molecular flexibility index (Phi) is 5.13. The molecule has 0 spiro atoms. The van der Waals surface area contributed by atoms with Crippen LogP contribution in [0.3, 0.4) is 0 Å². The summed E-state index contributed by atoms with van der Waals surface area (Å²) in [5, 5.41) is 43.6. The highest BCUT2D eigenvalue weighted by Crippen LogP contribution is 2.53. The van der Waals surface area contributed by atoms with E-state index in [-0.39, 0.29) is 36.1 Å². The Balaban J connectivity index is 1.64. The van der Waals surface area contributed by atoms with Crippen LogP contribution < -0.4 is 11.5 Å². The molecule has 1 amide bonds. The summed E-state index contributed by atoms with van der Waals surface area (Å²) in [4.78, 5) is 44.1. The molecule has 11 nitrogen and oxygen atoms in total. The number of hydrogen-bond acceptors (Lipinski definition) is 8. The van der Waals surface area contributed by atoms with E-state index in [1.165, 1.54) is 6.07 Å². The second kappa shape index (κ2) is 7.84. The molecule has 2 fully saturated rings. The molecule has 3 unspecified atom stereocenters. The second-order valence-electron chi connectivity index (χ2n) is 9.53. The molecule has 5 rings (SSSR count). The molecule has 11 heteroatoms. The Morgan fingerprint density at radius 2 is 1.77 bits per heavy atom. The van der Waals surface area contributed by atoms with Crippen molar-refractivity contribution in [1.29, 1.82) is 0 Å². The summed E-state index contributed by atoms with van der Waals surface area (Å²) < 4.78 is 0. The van der Waals surface area contributed by atoms with Crippen molar-refractivity contribution in [2.24, 2.45) is 28.3 Å². The summed E-state index contributed by atoms with van der Waals surface area (Å²) in [7, 11) is 0. The number of aliphatic imine (C=N–C) groups is 1. The maximum absolute atomic E-state index is 13.5. The first-order chi connectivity index (χ1) is 16.6. The predicted molar refractivity (Wildman–Crippen MR) is 123 cm³/mol. The van der Waals surface area contributed by atoms with E-state index in [4.69, 9.17) is 11.5 Å². The van der Waals surface area contributed by atoms with Crippen LogP contribution >= 0.6 is 0 Å². The lowest BCUT2D eigenvalue weighted by Gasteiger charge is -2.46. The third-order valence-corrected chi connectivity index (χ3v) is 7.59. The highest BCUT2D eigenvalue weighted by molar-refractivity contribution is 6.22. The zero-order valence-electron chi connectivity index (χ0n) is 18.8. The number of ketones is 2. The number of aromatic hydroxyl groups is 1. The topological polar surface area (TPSA) is 200 Å². The number of nitrogens with zero attached hydrogens (tertiary/aromatic N) is 2. The maximum atomic E-state index is 13.5. The van der Waals surface area contributed by atoms with Crippen molar-refractivity contribution in [1.82, 2.24) is 4.90 Å². The molecule has 0 aromatic heterocycles. The molecule has 1 aliphatic heterocycles. The van der Waals surface area contributed by atoms with Crippen LogP contribution in [0.4, 0.5) is 5.69 Å². The van der Waals surface area contributed by atoms with Crippen LogP contribution in [0, 0.1) is 11.8 Å². The van der Waals surface area contributed by atoms with Gasteiger partial charge in [-0.15, -0.1) is 0 Å². The molecule has 1 saturated heterocycles. The Hall–Kier alpha value is -3.86. The van der Waals surface area contributed by atoms with Crippen molar-refractivity contribution in [3.05, 3.63) is 40.2 Å². The Morgan fingerprint density at radius 3 is 2.43 bits per heavy atom. The highest BCUT2D eigenvalue weighted by atomic mass is 16.3. The van der Waals surface area contributed by atoms with Crippen molar-refractivity contribution in [3.8, 4) is 5.75 Å². The number of carbonyl (C=O) groups is 3. The van der Waals surface area contributed by atoms with Crippen LogP contribution in [-0.2, 0) is 20.8 Å². The maximum Gasteiger partial charge on any atom is 0.255 e. The van der Waals surface area contributed by atoms with E-state index in [1.807, 2.05) is 4.90 Å². The minimum Gasteiger partial charge on any atom is -0.508 e. The molecule has 0 radical (unpaired) electrons. The standard InChI is InChI=1S/C24H26N4O7/c25-22(34)18-15(30)9-11-7-10-8-12-13(27-23(26)28-5-1-2-6-28)3-4-14(29)17(12)19(31)16(10)20(32)24(11,35)21(18)33/h3-4,10-11,29,31,33,35H,1-2,5-9H2,(H2,25,34)(H2,26,27). The molecule has 35 heavy (non-hydrogen) atoms. The van der Waals surface area contributed by atoms with Gasteiger partial charge in [0.05, 0.1) is 11.3 Å². The van der Waals surface area contributed by atoms with E-state index < -0.39 is 52.0 Å². The van der Waals surface area contributed by atoms with Gasteiger partial charge in [0.2, 0.25) is 5.78 Å². The van der Waals surface area contributed by atoms with Crippen molar-refractivity contribution >= 4 is 34.9 Å². The van der Waals surface area contributed by atoms with Gasteiger partial charge in [-0.1, -0.05) is 0 Å². The van der Waals surface area contributed by atoms with Gasteiger partial charge in [0.15, 0.2) is 17.3 Å². The molecule has 3 aliphatic carbocycles. The molecule has 1 saturated carbocycles. The van der Waals surface area contributed by atoms with Crippen LogP contribution in [0.25, 0.3) is 5.76 Å². The minimum absolute atomic E-state index is 0.00685. The first kappa shape index (κ1) is 22.9. The fourth-order valence-electron chi connectivity index (χ4n) is 5.85. The Morgan fingerprint density at radius 1 is 1.09 bits per heavy atom. The monoisotopic (exact) mass is 482 g/mol. The number of primary amides is 1. The average Bonchev–Trinajstić information content (AvgIpc) is 3.33. The Bertz CT molecular complexity index is 1270. The number of nitrogens with two attached hydrogens (primary N) is 2. The number of likely N-dealkylation sites (tertiary alicyclic amines) is 1. The number of carbonyl (C=O) groups excluding carboxylic acids is 3. The molecule has 184 valence electrons. The number of phenols is 1. The molecular weight excluding hydrogens is 456 g/mol. The van der Waals surface area contributed by atoms with E-state index in [9.17, 15) is 34.8 Å². The van der Waals surface area contributed by atoms with Crippen molar-refractivity contribution in [3.63, 3.8) is 0 Å². The number of guanidine groups is 1. The largest absolute Gasteiger partial charge is 0.508 e. The van der Waals surface area contributed by atoms with Crippen molar-refractivity contribution < 1.29 is 34.8 Å². The number of phenolic OH excluding ortho intramolecular Hbond substituents is 1. The van der Waals surface area contributed by atoms with Crippen molar-refractivity contribution in [2.75, 3.05) is 13.1 Å². The van der Waals surface area contributed by atoms with Gasteiger partial charge in [-0.05, 0) is 49.3 Å². The summed E-state index contributed by atoms with van der Waals surface area (Å²) in [5.41, 5.74) is 8.70. The van der Waals surface area contributed by atoms with Gasteiger partial charge < -0.3 is 36.8 Å². The number of hydrogen-bond donors (Lipinski definition) is 6. The van der Waals surface area contributed by atoms with Crippen LogP contribution in [-0.4, -0.2) is 67.4 Å². The molecule has 1 aromatic carbocycles. The summed E-state index contributed by atoms with van der Waals surface area (Å²) in [6.07, 6.45) is 1.87. The van der Waals surface area contributed by atoms with Crippen LogP contribution in [0.15, 0.2) is 34.0 Å². The van der Waals surface area contributed by atoms with Gasteiger partial charge in [0.25, 0.3) is 5.91 Å². The van der Waals surface area contributed by atoms with Crippen molar-refractivity contribution in [2.45, 2.75) is 37.7 Å². The van der Waals surface area contributed by atoms with E-state index >= 15 is 0 Å². The lowest BCUT2D eigenvalue weighted by molar-refractivity contribution is -0.147. The fourth-order valence-corrected chi connectivity index (χ4v) is 5.85. The second-order valence-corrected chi connectivity index (χ2v) is 9.53. The van der Waals surface area contributed by atoms with Crippen LogP contribution in [0.5, 0.6) is 5.75 Å². The highest BCUT2D eigenvalue weighted by Gasteiger charge is 2.60. The van der Waals surface area contributed by atoms with Gasteiger partial charge >= 0.3 is 0 Å². The van der Waals surface area contributed by atoms with E-state index in [2.05, 4.69) is 4.99 Å². The molecule has 0 bridgehead atoms. The van der Waals surface area contributed by atoms with Gasteiger partial charge in [0.1, 0.15) is 22.8 Å². The quantitative estimate of drug-likeness (QED) is 0.197. The van der Waals surface area contributed by atoms with Crippen LogP contribution in [0.2, 0.25) is 0 Å². The minimum atomic E-state index is -2.58. The van der Waals surface area contributed by atoms with Gasteiger partial charge in [-0.25, -0.2) is 4.99 Å². The lowest BCUT2D eigenvalue weighted by Crippen LogP contribution is -2.58. The first-order valence-electron chi connectivity index (χ1n) is 11.5. The third kappa shape index (κ3) is 3.22. The van der Waals surface area contributed by atoms with Gasteiger partial charge in [0, 0.05) is 31.0 Å². The summed E-state index contributed by atoms with van der Waals surface area (Å²) >= 11 is 0. The first-order valence-corrected chi connectivity index (χ1v) is 11.5. The molecule has 8 N–H and O–H groups in total. The fraction of sp³-hybridized carbons (Fsp3) is 0.417. The predicted octanol–water partition coefficient (Wildman–Crippen LogP) is 0.466. The number of rotatable bonds is 2. The van der Waals surface area contributed by atoms with Gasteiger partial charge in [-0.2, -0.15) is 0 Å². The summed E-state index contributed by atoms with van der Waals surface area (Å²) in [6.45, 7) is 1.56. The number of aliphatic hydroxyl groups is 3. The van der Waals surface area contributed by atoms with E-state index in [0.717, 1.165) is 25.9 Å². The Labute approximate surface area is 200 Å². The molecule has 1 aromatic rings. The normalized spacial score (nSPS) is 28.7. The van der Waals surface area contributed by atoms with Crippen LogP contribution in [0.1, 0.15) is 36.8 Å². The zero-order chi connectivity index (χ0) is 25.2.